The number of nitrogens with two attached hydrogens (primary N) is 1. The van der Waals surface area contributed by atoms with Crippen LogP contribution in [0.2, 0.25) is 0 Å². The van der Waals surface area contributed by atoms with E-state index in [0.717, 1.165) is 6.54 Å². The number of aryl methyl sites for hydroxylation is 1. The minimum atomic E-state index is 0.0987. The van der Waals surface area contributed by atoms with Crippen molar-refractivity contribution in [3.63, 3.8) is 0 Å². The Balaban J connectivity index is 2.24. The van der Waals surface area contributed by atoms with E-state index in [1.54, 1.807) is 0 Å². The highest BCUT2D eigenvalue weighted by Crippen LogP contribution is 2.49. The van der Waals surface area contributed by atoms with E-state index in [-0.39, 0.29) is 11.5 Å². The van der Waals surface area contributed by atoms with Gasteiger partial charge in [-0.05, 0) is 37.1 Å². The topological polar surface area (TPSA) is 30.9 Å². The van der Waals surface area contributed by atoms with Crippen molar-refractivity contribution in [3.8, 4) is 11.3 Å². The number of fused-ring (bicyclic) bond motifs is 3. The van der Waals surface area contributed by atoms with Crippen molar-refractivity contribution in [1.29, 1.82) is 0 Å². The average Bonchev–Trinajstić information content (AvgIpc) is 2.79. The van der Waals surface area contributed by atoms with E-state index in [4.69, 9.17) is 5.73 Å². The van der Waals surface area contributed by atoms with Gasteiger partial charge in [-0.1, -0.05) is 31.5 Å². The van der Waals surface area contributed by atoms with Crippen LogP contribution in [-0.2, 0) is 12.0 Å². The third-order valence-electron chi connectivity index (χ3n) is 4.23. The maximum Gasteiger partial charge on any atom is 0.0525 e. The lowest BCUT2D eigenvalue weighted by molar-refractivity contribution is 0.595. The van der Waals surface area contributed by atoms with E-state index in [0.29, 0.717) is 0 Å². The molecular weight excluding hydrogens is 232 g/mol. The lowest BCUT2D eigenvalue weighted by Gasteiger charge is -2.20. The summed E-state index contributed by atoms with van der Waals surface area (Å²) in [5.74, 6) is 0. The molecule has 19 heavy (non-hydrogen) atoms. The molecule has 0 aliphatic heterocycles. The monoisotopic (exact) mass is 254 g/mol. The predicted molar refractivity (Wildman–Crippen MR) is 80.4 cm³/mol. The Labute approximate surface area is 115 Å². The van der Waals surface area contributed by atoms with Gasteiger partial charge in [-0.2, -0.15) is 0 Å². The normalized spacial score (nSPS) is 17.1. The van der Waals surface area contributed by atoms with Crippen LogP contribution < -0.4 is 5.73 Å². The van der Waals surface area contributed by atoms with Crippen LogP contribution >= 0.6 is 0 Å². The maximum absolute atomic E-state index is 5.97. The third-order valence-corrected chi connectivity index (χ3v) is 4.23. The Bertz CT molecular complexity index is 633. The summed E-state index contributed by atoms with van der Waals surface area (Å²) in [6.07, 6.45) is 2.18. The molecule has 2 heteroatoms. The Kier molecular flexibility index (Phi) is 2.61. The minimum Gasteiger partial charge on any atom is -0.346 e. The van der Waals surface area contributed by atoms with Gasteiger partial charge in [0.1, 0.15) is 0 Å². The summed E-state index contributed by atoms with van der Waals surface area (Å²) < 4.78 is 2.31. The largest absolute Gasteiger partial charge is 0.346 e. The zero-order chi connectivity index (χ0) is 13.8. The fraction of sp³-hybridized carbons (Fsp3) is 0.412. The van der Waals surface area contributed by atoms with Crippen LogP contribution in [-0.4, -0.2) is 10.6 Å². The molecule has 100 valence electrons. The van der Waals surface area contributed by atoms with Crippen LogP contribution in [0.4, 0.5) is 0 Å². The van der Waals surface area contributed by atoms with Crippen LogP contribution in [0.15, 0.2) is 30.5 Å². The zero-order valence-corrected chi connectivity index (χ0v) is 12.2. The molecular formula is C17H22N2. The second-order valence-electron chi connectivity index (χ2n) is 6.38. The van der Waals surface area contributed by atoms with Crippen molar-refractivity contribution in [2.45, 2.75) is 45.7 Å². The molecule has 2 aromatic rings. The summed E-state index contributed by atoms with van der Waals surface area (Å²) in [7, 11) is 0. The molecule has 1 aliphatic rings. The number of nitrogens with zero attached hydrogens (tertiary/aromatic N) is 1. The Morgan fingerprint density at radius 3 is 2.63 bits per heavy atom. The SMILES string of the molecule is Cc1ccc2c(c1)-c1c(ccn1C[C@@H](C)N)C2(C)C. The Morgan fingerprint density at radius 1 is 1.21 bits per heavy atom. The first kappa shape index (κ1) is 12.5. The number of hydrogen-bond donors (Lipinski definition) is 1. The fourth-order valence-electron chi connectivity index (χ4n) is 3.28. The van der Waals surface area contributed by atoms with E-state index >= 15 is 0 Å². The van der Waals surface area contributed by atoms with Crippen molar-refractivity contribution in [2.75, 3.05) is 0 Å². The minimum absolute atomic E-state index is 0.0987. The summed E-state index contributed by atoms with van der Waals surface area (Å²) >= 11 is 0. The highest BCUT2D eigenvalue weighted by molar-refractivity contribution is 5.79. The van der Waals surface area contributed by atoms with E-state index in [9.17, 15) is 0 Å². The zero-order valence-electron chi connectivity index (χ0n) is 12.2. The van der Waals surface area contributed by atoms with Gasteiger partial charge in [-0.15, -0.1) is 0 Å². The third kappa shape index (κ3) is 1.74. The van der Waals surface area contributed by atoms with Crippen LogP contribution in [0, 0.1) is 6.92 Å². The van der Waals surface area contributed by atoms with Gasteiger partial charge in [0.05, 0.1) is 5.69 Å². The van der Waals surface area contributed by atoms with Crippen LogP contribution in [0.3, 0.4) is 0 Å². The van der Waals surface area contributed by atoms with E-state index in [1.165, 1.54) is 27.9 Å². The van der Waals surface area contributed by atoms with Gasteiger partial charge in [-0.25, -0.2) is 0 Å². The van der Waals surface area contributed by atoms with Gasteiger partial charge in [0.15, 0.2) is 0 Å². The second kappa shape index (κ2) is 3.97. The number of rotatable bonds is 2. The van der Waals surface area contributed by atoms with Crippen LogP contribution in [0.1, 0.15) is 37.5 Å². The van der Waals surface area contributed by atoms with Crippen molar-refractivity contribution < 1.29 is 0 Å². The smallest absolute Gasteiger partial charge is 0.0525 e. The van der Waals surface area contributed by atoms with Crippen LogP contribution in [0.25, 0.3) is 11.3 Å². The molecule has 1 atom stereocenters. The number of aromatic nitrogens is 1. The summed E-state index contributed by atoms with van der Waals surface area (Å²) in [6.45, 7) is 9.71. The summed E-state index contributed by atoms with van der Waals surface area (Å²) in [5, 5.41) is 0. The molecule has 0 bridgehead atoms. The lowest BCUT2D eigenvalue weighted by atomic mass is 9.83. The van der Waals surface area contributed by atoms with Gasteiger partial charge in [0.25, 0.3) is 0 Å². The molecule has 1 aromatic carbocycles. The molecule has 1 aliphatic carbocycles. The summed E-state index contributed by atoms with van der Waals surface area (Å²) in [5.41, 5.74) is 13.0. The molecule has 0 spiro atoms. The molecule has 3 rings (SSSR count). The van der Waals surface area contributed by atoms with Crippen molar-refractivity contribution in [2.24, 2.45) is 5.73 Å². The van der Waals surface area contributed by atoms with Gasteiger partial charge < -0.3 is 10.3 Å². The van der Waals surface area contributed by atoms with Gasteiger partial charge >= 0.3 is 0 Å². The standard InChI is InChI=1S/C17H22N2/c1-11-5-6-14-13(9-11)16-15(17(14,3)4)7-8-19(16)10-12(2)18/h5-9,12H,10,18H2,1-4H3/t12-/m1/s1. The quantitative estimate of drug-likeness (QED) is 0.874. The van der Waals surface area contributed by atoms with E-state index in [2.05, 4.69) is 62.7 Å². The Hall–Kier alpha value is -1.54. The first-order valence-corrected chi connectivity index (χ1v) is 6.98. The molecule has 0 fully saturated rings. The highest BCUT2D eigenvalue weighted by atomic mass is 15.0. The average molecular weight is 254 g/mol. The molecule has 2 nitrogen and oxygen atoms in total. The van der Waals surface area contributed by atoms with E-state index < -0.39 is 0 Å². The lowest BCUT2D eigenvalue weighted by Crippen LogP contribution is -2.22. The molecule has 0 radical (unpaired) electrons. The molecule has 0 saturated carbocycles. The molecule has 1 heterocycles. The van der Waals surface area contributed by atoms with Crippen molar-refractivity contribution in [3.05, 3.63) is 47.2 Å². The first-order chi connectivity index (χ1) is 8.91. The maximum atomic E-state index is 5.97. The van der Waals surface area contributed by atoms with E-state index in [1.807, 2.05) is 0 Å². The van der Waals surface area contributed by atoms with Gasteiger partial charge in [0.2, 0.25) is 0 Å². The second-order valence-corrected chi connectivity index (χ2v) is 6.38. The van der Waals surface area contributed by atoms with Gasteiger partial charge in [-0.3, -0.25) is 0 Å². The summed E-state index contributed by atoms with van der Waals surface area (Å²) in [6, 6.07) is 9.23. The molecule has 0 saturated heterocycles. The number of benzene rings is 1. The van der Waals surface area contributed by atoms with Gasteiger partial charge in [0, 0.05) is 29.8 Å². The van der Waals surface area contributed by atoms with Crippen LogP contribution in [0.5, 0.6) is 0 Å². The highest BCUT2D eigenvalue weighted by Gasteiger charge is 2.37. The number of hydrogen-bond acceptors (Lipinski definition) is 1. The molecule has 2 N–H and O–H groups in total. The summed E-state index contributed by atoms with van der Waals surface area (Å²) in [4.78, 5) is 0. The molecule has 0 unspecified atom stereocenters. The van der Waals surface area contributed by atoms with Crippen molar-refractivity contribution >= 4 is 0 Å². The first-order valence-electron chi connectivity index (χ1n) is 6.98. The Morgan fingerprint density at radius 2 is 1.95 bits per heavy atom. The predicted octanol–water partition coefficient (Wildman–Crippen LogP) is 3.45. The fourth-order valence-corrected chi connectivity index (χ4v) is 3.28. The van der Waals surface area contributed by atoms with Crippen molar-refractivity contribution in [1.82, 2.24) is 4.57 Å². The molecule has 0 amide bonds. The molecule has 1 aromatic heterocycles.